The van der Waals surface area contributed by atoms with Crippen LogP contribution in [-0.4, -0.2) is 19.6 Å². The first-order valence-corrected chi connectivity index (χ1v) is 5.82. The SMILES string of the molecule is Nc1cnc2nc(CCc3ccccc3)nn2c1. The van der Waals surface area contributed by atoms with E-state index >= 15 is 0 Å². The maximum atomic E-state index is 5.65. The number of hydrogen-bond donors (Lipinski definition) is 1. The summed E-state index contributed by atoms with van der Waals surface area (Å²) < 4.78 is 1.62. The van der Waals surface area contributed by atoms with Gasteiger partial charge in [-0.15, -0.1) is 5.10 Å². The van der Waals surface area contributed by atoms with Crippen LogP contribution < -0.4 is 5.73 Å². The standard InChI is InChI=1S/C13H13N5/c14-11-8-15-13-16-12(17-18(13)9-11)7-6-10-4-2-1-3-5-10/h1-5,8-9H,6-7,14H2. The van der Waals surface area contributed by atoms with Crippen LogP contribution in [0.15, 0.2) is 42.7 Å². The summed E-state index contributed by atoms with van der Waals surface area (Å²) in [6, 6.07) is 10.3. The number of hydrogen-bond acceptors (Lipinski definition) is 4. The van der Waals surface area contributed by atoms with Gasteiger partial charge in [0.1, 0.15) is 0 Å². The first kappa shape index (κ1) is 10.7. The van der Waals surface area contributed by atoms with Crippen molar-refractivity contribution in [3.8, 4) is 0 Å². The van der Waals surface area contributed by atoms with Crippen molar-refractivity contribution in [1.82, 2.24) is 19.6 Å². The van der Waals surface area contributed by atoms with Crippen LogP contribution in [-0.2, 0) is 12.8 Å². The number of nitrogen functional groups attached to an aromatic ring is 1. The highest BCUT2D eigenvalue weighted by Crippen LogP contribution is 2.06. The van der Waals surface area contributed by atoms with Gasteiger partial charge in [0.05, 0.1) is 18.1 Å². The van der Waals surface area contributed by atoms with Crippen molar-refractivity contribution in [1.29, 1.82) is 0 Å². The van der Waals surface area contributed by atoms with Crippen LogP contribution in [0.1, 0.15) is 11.4 Å². The van der Waals surface area contributed by atoms with Crippen LogP contribution in [0.4, 0.5) is 5.69 Å². The maximum absolute atomic E-state index is 5.65. The van der Waals surface area contributed by atoms with E-state index in [4.69, 9.17) is 5.73 Å². The third-order valence-electron chi connectivity index (χ3n) is 2.74. The van der Waals surface area contributed by atoms with Gasteiger partial charge in [-0.1, -0.05) is 30.3 Å². The fraction of sp³-hybridized carbons (Fsp3) is 0.154. The Morgan fingerprint density at radius 1 is 1.11 bits per heavy atom. The molecule has 2 heterocycles. The topological polar surface area (TPSA) is 69.1 Å². The number of aromatic nitrogens is 4. The largest absolute Gasteiger partial charge is 0.396 e. The number of aryl methyl sites for hydroxylation is 2. The molecule has 2 N–H and O–H groups in total. The molecule has 1 aromatic carbocycles. The Balaban J connectivity index is 1.79. The van der Waals surface area contributed by atoms with Gasteiger partial charge in [0.2, 0.25) is 0 Å². The lowest BCUT2D eigenvalue weighted by Crippen LogP contribution is -1.95. The molecule has 0 saturated carbocycles. The van der Waals surface area contributed by atoms with Crippen LogP contribution in [0.2, 0.25) is 0 Å². The minimum atomic E-state index is 0.585. The summed E-state index contributed by atoms with van der Waals surface area (Å²) in [5, 5.41) is 4.35. The summed E-state index contributed by atoms with van der Waals surface area (Å²) in [6.07, 6.45) is 5.03. The molecule has 0 atom stereocenters. The molecule has 0 saturated heterocycles. The lowest BCUT2D eigenvalue weighted by molar-refractivity contribution is 0.835. The van der Waals surface area contributed by atoms with Crippen LogP contribution in [0.3, 0.4) is 0 Å². The molecular weight excluding hydrogens is 226 g/mol. The van der Waals surface area contributed by atoms with Crippen LogP contribution in [0.25, 0.3) is 5.78 Å². The smallest absolute Gasteiger partial charge is 0.252 e. The average molecular weight is 239 g/mol. The third-order valence-corrected chi connectivity index (χ3v) is 2.74. The Morgan fingerprint density at radius 3 is 2.78 bits per heavy atom. The number of benzene rings is 1. The van der Waals surface area contributed by atoms with Gasteiger partial charge >= 0.3 is 0 Å². The zero-order chi connectivity index (χ0) is 12.4. The summed E-state index contributed by atoms with van der Waals surface area (Å²) in [7, 11) is 0. The molecule has 0 amide bonds. The van der Waals surface area contributed by atoms with E-state index in [-0.39, 0.29) is 0 Å². The van der Waals surface area contributed by atoms with Gasteiger partial charge in [-0.2, -0.15) is 4.98 Å². The van der Waals surface area contributed by atoms with Crippen molar-refractivity contribution >= 4 is 11.5 Å². The molecule has 0 unspecified atom stereocenters. The van der Waals surface area contributed by atoms with Crippen molar-refractivity contribution in [3.05, 3.63) is 54.1 Å². The molecule has 5 nitrogen and oxygen atoms in total. The number of nitrogens with two attached hydrogens (primary N) is 1. The van der Waals surface area contributed by atoms with Crippen LogP contribution in [0, 0.1) is 0 Å². The Hall–Kier alpha value is -2.43. The molecule has 0 aliphatic heterocycles. The first-order chi connectivity index (χ1) is 8.81. The Morgan fingerprint density at radius 2 is 1.94 bits per heavy atom. The van der Waals surface area contributed by atoms with Crippen molar-refractivity contribution in [3.63, 3.8) is 0 Å². The second kappa shape index (κ2) is 4.44. The molecule has 0 radical (unpaired) electrons. The Bertz CT molecular complexity index is 659. The van der Waals surface area contributed by atoms with Gasteiger partial charge < -0.3 is 5.73 Å². The highest BCUT2D eigenvalue weighted by atomic mass is 15.3. The molecule has 0 spiro atoms. The second-order valence-corrected chi connectivity index (χ2v) is 4.15. The molecule has 2 aromatic heterocycles. The van der Waals surface area contributed by atoms with Gasteiger partial charge in [-0.3, -0.25) is 0 Å². The minimum absolute atomic E-state index is 0.585. The van der Waals surface area contributed by atoms with Crippen LogP contribution in [0.5, 0.6) is 0 Å². The zero-order valence-electron chi connectivity index (χ0n) is 9.82. The zero-order valence-corrected chi connectivity index (χ0v) is 9.82. The van der Waals surface area contributed by atoms with Crippen molar-refractivity contribution in [2.24, 2.45) is 0 Å². The molecule has 0 aliphatic rings. The normalized spacial score (nSPS) is 10.9. The first-order valence-electron chi connectivity index (χ1n) is 5.82. The summed E-state index contributed by atoms with van der Waals surface area (Å²) in [5.74, 6) is 1.38. The Labute approximate surface area is 104 Å². The summed E-state index contributed by atoms with van der Waals surface area (Å²) >= 11 is 0. The lowest BCUT2D eigenvalue weighted by atomic mass is 10.1. The molecule has 90 valence electrons. The van der Waals surface area contributed by atoms with E-state index < -0.39 is 0 Å². The van der Waals surface area contributed by atoms with Crippen molar-refractivity contribution in [2.45, 2.75) is 12.8 Å². The minimum Gasteiger partial charge on any atom is -0.396 e. The van der Waals surface area contributed by atoms with E-state index in [0.29, 0.717) is 11.5 Å². The highest BCUT2D eigenvalue weighted by Gasteiger charge is 2.04. The van der Waals surface area contributed by atoms with Crippen molar-refractivity contribution in [2.75, 3.05) is 5.73 Å². The summed E-state index contributed by atoms with van der Waals surface area (Å²) in [4.78, 5) is 8.47. The quantitative estimate of drug-likeness (QED) is 0.751. The molecular formula is C13H13N5. The second-order valence-electron chi connectivity index (χ2n) is 4.15. The maximum Gasteiger partial charge on any atom is 0.252 e. The predicted octanol–water partition coefficient (Wildman–Crippen LogP) is 1.49. The number of anilines is 1. The van der Waals surface area contributed by atoms with Gasteiger partial charge in [0.25, 0.3) is 5.78 Å². The van der Waals surface area contributed by atoms with Gasteiger partial charge in [-0.05, 0) is 12.0 Å². The fourth-order valence-corrected chi connectivity index (χ4v) is 1.85. The highest BCUT2D eigenvalue weighted by molar-refractivity contribution is 5.38. The van der Waals surface area contributed by atoms with Gasteiger partial charge in [0.15, 0.2) is 5.82 Å². The van der Waals surface area contributed by atoms with Crippen LogP contribution >= 0.6 is 0 Å². The molecule has 0 aliphatic carbocycles. The van der Waals surface area contributed by atoms with E-state index in [0.717, 1.165) is 18.7 Å². The van der Waals surface area contributed by atoms with E-state index in [9.17, 15) is 0 Å². The molecule has 3 aromatic rings. The van der Waals surface area contributed by atoms with E-state index in [1.807, 2.05) is 18.2 Å². The lowest BCUT2D eigenvalue weighted by Gasteiger charge is -1.96. The fourth-order valence-electron chi connectivity index (χ4n) is 1.85. The summed E-state index contributed by atoms with van der Waals surface area (Å²) in [6.45, 7) is 0. The molecule has 3 rings (SSSR count). The van der Waals surface area contributed by atoms with E-state index in [2.05, 4.69) is 27.2 Å². The predicted molar refractivity (Wildman–Crippen MR) is 69.0 cm³/mol. The van der Waals surface area contributed by atoms with E-state index in [1.165, 1.54) is 5.56 Å². The number of rotatable bonds is 3. The number of nitrogens with zero attached hydrogens (tertiary/aromatic N) is 4. The summed E-state index contributed by atoms with van der Waals surface area (Å²) in [5.41, 5.74) is 7.51. The molecule has 5 heteroatoms. The third kappa shape index (κ3) is 2.15. The monoisotopic (exact) mass is 239 g/mol. The molecule has 0 bridgehead atoms. The number of fused-ring (bicyclic) bond motifs is 1. The average Bonchev–Trinajstić information content (AvgIpc) is 2.79. The van der Waals surface area contributed by atoms with Crippen molar-refractivity contribution < 1.29 is 0 Å². The molecule has 18 heavy (non-hydrogen) atoms. The van der Waals surface area contributed by atoms with Gasteiger partial charge in [0, 0.05) is 6.42 Å². The Kier molecular flexibility index (Phi) is 2.64. The molecule has 0 fully saturated rings. The van der Waals surface area contributed by atoms with Gasteiger partial charge in [-0.25, -0.2) is 9.50 Å². The van der Waals surface area contributed by atoms with E-state index in [1.54, 1.807) is 16.9 Å².